The molecule has 0 aliphatic rings. The Balaban J connectivity index is 1.60. The van der Waals surface area contributed by atoms with Crippen molar-refractivity contribution in [2.75, 3.05) is 12.4 Å². The van der Waals surface area contributed by atoms with E-state index in [1.807, 2.05) is 30.3 Å². The predicted molar refractivity (Wildman–Crippen MR) is 132 cm³/mol. The summed E-state index contributed by atoms with van der Waals surface area (Å²) in [4.78, 5) is 37.3. The number of anilines is 1. The van der Waals surface area contributed by atoms with Crippen molar-refractivity contribution >= 4 is 34.1 Å². The number of thiophene rings is 1. The third kappa shape index (κ3) is 5.22. The Bertz CT molecular complexity index is 1360. The van der Waals surface area contributed by atoms with E-state index in [1.54, 1.807) is 47.6 Å². The summed E-state index contributed by atoms with van der Waals surface area (Å²) < 4.78 is 12.3. The lowest BCUT2D eigenvalue weighted by Gasteiger charge is -2.13. The fourth-order valence-electron chi connectivity index (χ4n) is 3.29. The molecule has 0 aliphatic heterocycles. The lowest BCUT2D eigenvalue weighted by molar-refractivity contribution is -0.123. The summed E-state index contributed by atoms with van der Waals surface area (Å²) in [5, 5.41) is 9.10. The number of esters is 1. The Hall–Kier alpha value is -4.44. The molecular formula is C25H22N4O5S. The number of carbonyl (C=O) groups is 3. The maximum Gasteiger partial charge on any atom is 0.342 e. The van der Waals surface area contributed by atoms with Crippen LogP contribution in [0.4, 0.5) is 5.00 Å². The second-order valence-corrected chi connectivity index (χ2v) is 8.38. The Morgan fingerprint density at radius 2 is 1.74 bits per heavy atom. The van der Waals surface area contributed by atoms with Crippen molar-refractivity contribution in [3.63, 3.8) is 0 Å². The molecule has 0 fully saturated rings. The molecule has 0 radical (unpaired) electrons. The molecule has 3 N–H and O–H groups in total. The second kappa shape index (κ2) is 10.2. The highest BCUT2D eigenvalue weighted by molar-refractivity contribution is 7.14. The average molecular weight is 491 g/mol. The molecule has 0 spiro atoms. The molecule has 1 atom stereocenters. The van der Waals surface area contributed by atoms with Crippen LogP contribution in [0.25, 0.3) is 16.9 Å². The molecule has 0 saturated heterocycles. The number of primary amides is 1. The van der Waals surface area contributed by atoms with E-state index in [2.05, 4.69) is 10.4 Å². The monoisotopic (exact) mass is 490 g/mol. The minimum absolute atomic E-state index is 0.188. The number of nitrogens with one attached hydrogen (secondary N) is 1. The van der Waals surface area contributed by atoms with Gasteiger partial charge in [-0.2, -0.15) is 5.10 Å². The molecule has 10 heteroatoms. The first kappa shape index (κ1) is 23.7. The molecule has 2 aromatic carbocycles. The van der Waals surface area contributed by atoms with E-state index in [0.29, 0.717) is 22.0 Å². The molecule has 0 saturated carbocycles. The van der Waals surface area contributed by atoms with Crippen molar-refractivity contribution in [2.24, 2.45) is 5.73 Å². The quantitative estimate of drug-likeness (QED) is 0.361. The molecule has 4 rings (SSSR count). The van der Waals surface area contributed by atoms with Crippen molar-refractivity contribution in [1.29, 1.82) is 0 Å². The fourth-order valence-corrected chi connectivity index (χ4v) is 4.08. The summed E-state index contributed by atoms with van der Waals surface area (Å²) in [6, 6.07) is 17.9. The largest absolute Gasteiger partial charge is 0.497 e. The highest BCUT2D eigenvalue weighted by atomic mass is 32.1. The van der Waals surface area contributed by atoms with Crippen LogP contribution in [0.1, 0.15) is 27.6 Å². The zero-order valence-electron chi connectivity index (χ0n) is 18.9. The maximum absolute atomic E-state index is 13.1. The Morgan fingerprint density at radius 1 is 1.03 bits per heavy atom. The summed E-state index contributed by atoms with van der Waals surface area (Å²) in [6.07, 6.45) is 0.417. The third-order valence-electron chi connectivity index (χ3n) is 5.14. The van der Waals surface area contributed by atoms with Crippen LogP contribution in [0.5, 0.6) is 5.75 Å². The number of aromatic nitrogens is 2. The lowest BCUT2D eigenvalue weighted by atomic mass is 10.1. The topological polar surface area (TPSA) is 126 Å². The number of ether oxygens (including phenoxy) is 2. The molecule has 2 amide bonds. The second-order valence-electron chi connectivity index (χ2n) is 7.46. The highest BCUT2D eigenvalue weighted by Gasteiger charge is 2.25. The number of carbonyl (C=O) groups excluding carboxylic acids is 3. The smallest absolute Gasteiger partial charge is 0.342 e. The summed E-state index contributed by atoms with van der Waals surface area (Å²) in [6.45, 7) is 1.44. The van der Waals surface area contributed by atoms with Crippen LogP contribution in [-0.4, -0.2) is 40.8 Å². The molecular weight excluding hydrogens is 468 g/mol. The number of nitrogens with zero attached hydrogens (tertiary/aromatic N) is 2. The van der Waals surface area contributed by atoms with Crippen LogP contribution in [-0.2, 0) is 9.53 Å². The van der Waals surface area contributed by atoms with E-state index in [0.717, 1.165) is 17.0 Å². The zero-order valence-corrected chi connectivity index (χ0v) is 19.7. The van der Waals surface area contributed by atoms with Crippen LogP contribution in [0.15, 0.2) is 72.2 Å². The summed E-state index contributed by atoms with van der Waals surface area (Å²) in [5.74, 6) is -1.31. The van der Waals surface area contributed by atoms with Crippen LogP contribution < -0.4 is 15.8 Å². The number of hydrogen-bond acceptors (Lipinski definition) is 7. The standard InChI is InChI=1S/C25H22N4O5S/c1-15(23(31)27-24-19(22(26)30)12-13-35-24)34-25(32)20-14-29(17-6-4-3-5-7-17)28-21(20)16-8-10-18(33-2)11-9-16/h3-15H,1-2H3,(H2,26,30)(H,27,31). The van der Waals surface area contributed by atoms with Gasteiger partial charge in [-0.15, -0.1) is 11.3 Å². The van der Waals surface area contributed by atoms with E-state index >= 15 is 0 Å². The molecule has 0 bridgehead atoms. The summed E-state index contributed by atoms with van der Waals surface area (Å²) in [5.41, 5.74) is 7.52. The molecule has 1 unspecified atom stereocenters. The first-order valence-corrected chi connectivity index (χ1v) is 11.4. The normalized spacial score (nSPS) is 11.5. The van der Waals surface area contributed by atoms with Crippen LogP contribution >= 0.6 is 11.3 Å². The van der Waals surface area contributed by atoms with Crippen molar-refractivity contribution in [3.8, 4) is 22.7 Å². The van der Waals surface area contributed by atoms with Gasteiger partial charge in [0.2, 0.25) is 0 Å². The van der Waals surface area contributed by atoms with Gasteiger partial charge < -0.3 is 20.5 Å². The predicted octanol–water partition coefficient (Wildman–Crippen LogP) is 3.89. The SMILES string of the molecule is COc1ccc(-c2nn(-c3ccccc3)cc2C(=O)OC(C)C(=O)Nc2sccc2C(N)=O)cc1. The van der Waals surface area contributed by atoms with Crippen molar-refractivity contribution in [1.82, 2.24) is 9.78 Å². The van der Waals surface area contributed by atoms with Crippen molar-refractivity contribution in [2.45, 2.75) is 13.0 Å². The molecule has 35 heavy (non-hydrogen) atoms. The van der Waals surface area contributed by atoms with Gasteiger partial charge in [0.25, 0.3) is 11.8 Å². The van der Waals surface area contributed by atoms with Crippen LogP contribution in [0, 0.1) is 0 Å². The van der Waals surface area contributed by atoms with Crippen molar-refractivity contribution < 1.29 is 23.9 Å². The minimum Gasteiger partial charge on any atom is -0.497 e. The molecule has 0 aliphatic carbocycles. The first-order valence-electron chi connectivity index (χ1n) is 10.6. The lowest BCUT2D eigenvalue weighted by Crippen LogP contribution is -2.30. The average Bonchev–Trinajstić information content (AvgIpc) is 3.52. The Morgan fingerprint density at radius 3 is 2.40 bits per heavy atom. The molecule has 2 heterocycles. The zero-order chi connectivity index (χ0) is 24.9. The third-order valence-corrected chi connectivity index (χ3v) is 5.97. The Labute approximate surface area is 205 Å². The summed E-state index contributed by atoms with van der Waals surface area (Å²) >= 11 is 1.15. The highest BCUT2D eigenvalue weighted by Crippen LogP contribution is 2.27. The van der Waals surface area contributed by atoms with Gasteiger partial charge >= 0.3 is 5.97 Å². The summed E-state index contributed by atoms with van der Waals surface area (Å²) in [7, 11) is 1.57. The number of para-hydroxylation sites is 1. The van der Waals surface area contributed by atoms with Crippen molar-refractivity contribution in [3.05, 3.63) is 83.4 Å². The number of hydrogen-bond donors (Lipinski definition) is 2. The Kier molecular flexibility index (Phi) is 6.93. The molecule has 2 aromatic heterocycles. The van der Waals surface area contributed by atoms with Gasteiger partial charge in [0.1, 0.15) is 22.0 Å². The van der Waals surface area contributed by atoms with E-state index in [-0.39, 0.29) is 11.1 Å². The number of amides is 2. The van der Waals surface area contributed by atoms with Gasteiger partial charge in [0, 0.05) is 11.8 Å². The van der Waals surface area contributed by atoms with E-state index in [4.69, 9.17) is 15.2 Å². The van der Waals surface area contributed by atoms with E-state index in [1.165, 1.54) is 13.0 Å². The van der Waals surface area contributed by atoms with Gasteiger partial charge in [-0.1, -0.05) is 18.2 Å². The van der Waals surface area contributed by atoms with Gasteiger partial charge in [-0.3, -0.25) is 9.59 Å². The number of benzene rings is 2. The van der Waals surface area contributed by atoms with Crippen LogP contribution in [0.3, 0.4) is 0 Å². The molecule has 9 nitrogen and oxygen atoms in total. The van der Waals surface area contributed by atoms with E-state index in [9.17, 15) is 14.4 Å². The van der Waals surface area contributed by atoms with Gasteiger partial charge in [0.05, 0.1) is 18.4 Å². The molecule has 4 aromatic rings. The fraction of sp³-hybridized carbons (Fsp3) is 0.120. The van der Waals surface area contributed by atoms with Gasteiger partial charge in [-0.05, 0) is 54.8 Å². The van der Waals surface area contributed by atoms with Gasteiger partial charge in [-0.25, -0.2) is 9.48 Å². The number of nitrogens with two attached hydrogens (primary N) is 1. The molecule has 178 valence electrons. The minimum atomic E-state index is -1.14. The number of rotatable bonds is 8. The van der Waals surface area contributed by atoms with Crippen LogP contribution in [0.2, 0.25) is 0 Å². The number of methoxy groups -OCH3 is 1. The van der Waals surface area contributed by atoms with E-state index < -0.39 is 23.9 Å². The maximum atomic E-state index is 13.1. The first-order chi connectivity index (χ1) is 16.9. The van der Waals surface area contributed by atoms with Gasteiger partial charge in [0.15, 0.2) is 6.10 Å².